The van der Waals surface area contributed by atoms with Crippen molar-refractivity contribution in [1.82, 2.24) is 5.32 Å². The van der Waals surface area contributed by atoms with Crippen LogP contribution in [0.25, 0.3) is 0 Å². The molecular weight excluding hydrogens is 264 g/mol. The molecule has 0 radical (unpaired) electrons. The molecule has 0 amide bonds. The van der Waals surface area contributed by atoms with Crippen molar-refractivity contribution in [3.63, 3.8) is 0 Å². The molecule has 3 nitrogen and oxygen atoms in total. The van der Waals surface area contributed by atoms with Crippen LogP contribution >= 0.6 is 0 Å². The third kappa shape index (κ3) is 5.06. The Bertz CT molecular complexity index is 391. The van der Waals surface area contributed by atoms with Crippen LogP contribution < -0.4 is 10.1 Å². The average molecular weight is 287 g/mol. The first-order valence-corrected chi connectivity index (χ1v) is 6.90. The summed E-state index contributed by atoms with van der Waals surface area (Å²) in [5.74, 6) is 0.148. The van der Waals surface area contributed by atoms with Crippen LogP contribution in [0.15, 0.2) is 24.3 Å². The first-order valence-electron chi connectivity index (χ1n) is 6.90. The van der Waals surface area contributed by atoms with E-state index >= 15 is 0 Å². The van der Waals surface area contributed by atoms with Gasteiger partial charge in [0.15, 0.2) is 0 Å². The Kier molecular flexibility index (Phi) is 6.36. The zero-order chi connectivity index (χ0) is 15.2. The van der Waals surface area contributed by atoms with E-state index in [1.807, 2.05) is 20.8 Å². The monoisotopic (exact) mass is 287 g/mol. The van der Waals surface area contributed by atoms with E-state index in [0.717, 1.165) is 5.56 Å². The van der Waals surface area contributed by atoms with Crippen LogP contribution in [0.1, 0.15) is 45.2 Å². The highest BCUT2D eigenvalue weighted by molar-refractivity contribution is 5.29. The maximum Gasteiger partial charge on any atom is 0.387 e. The van der Waals surface area contributed by atoms with Crippen molar-refractivity contribution in [1.29, 1.82) is 0 Å². The topological polar surface area (TPSA) is 41.5 Å². The predicted octanol–water partition coefficient (Wildman–Crippen LogP) is 3.49. The standard InChI is InChI=1S/C15H23F2NO2/c1-4-15(19,5-2)10-18-11(3)12-6-8-13(9-7-12)20-14(16)17/h6-9,11,14,18-19H,4-5,10H2,1-3H3. The molecule has 0 aliphatic rings. The molecule has 0 bridgehead atoms. The third-order valence-electron chi connectivity index (χ3n) is 3.66. The van der Waals surface area contributed by atoms with E-state index in [0.29, 0.717) is 19.4 Å². The van der Waals surface area contributed by atoms with Gasteiger partial charge in [-0.15, -0.1) is 0 Å². The van der Waals surface area contributed by atoms with Crippen molar-refractivity contribution < 1.29 is 18.6 Å². The summed E-state index contributed by atoms with van der Waals surface area (Å²) >= 11 is 0. The summed E-state index contributed by atoms with van der Waals surface area (Å²) in [7, 11) is 0. The Balaban J connectivity index is 2.57. The van der Waals surface area contributed by atoms with E-state index in [1.54, 1.807) is 12.1 Å². The number of rotatable bonds is 8. The van der Waals surface area contributed by atoms with Gasteiger partial charge in [0.25, 0.3) is 0 Å². The summed E-state index contributed by atoms with van der Waals surface area (Å²) in [5.41, 5.74) is 0.258. The molecule has 1 unspecified atom stereocenters. The van der Waals surface area contributed by atoms with E-state index in [4.69, 9.17) is 0 Å². The fourth-order valence-corrected chi connectivity index (χ4v) is 1.90. The van der Waals surface area contributed by atoms with Crippen LogP contribution in [-0.4, -0.2) is 23.9 Å². The summed E-state index contributed by atoms with van der Waals surface area (Å²) < 4.78 is 28.4. The normalized spacial score (nSPS) is 13.6. The number of benzene rings is 1. The molecule has 0 spiro atoms. The van der Waals surface area contributed by atoms with Gasteiger partial charge in [0.1, 0.15) is 5.75 Å². The second kappa shape index (κ2) is 7.55. The van der Waals surface area contributed by atoms with Gasteiger partial charge in [-0.1, -0.05) is 26.0 Å². The smallest absolute Gasteiger partial charge is 0.387 e. The molecule has 1 atom stereocenters. The Labute approximate surface area is 119 Å². The highest BCUT2D eigenvalue weighted by atomic mass is 19.3. The van der Waals surface area contributed by atoms with Gasteiger partial charge in [-0.05, 0) is 37.5 Å². The number of halogens is 2. The van der Waals surface area contributed by atoms with Crippen LogP contribution in [-0.2, 0) is 0 Å². The van der Waals surface area contributed by atoms with Gasteiger partial charge in [-0.2, -0.15) is 8.78 Å². The van der Waals surface area contributed by atoms with Crippen molar-refractivity contribution in [3.8, 4) is 5.75 Å². The zero-order valence-electron chi connectivity index (χ0n) is 12.2. The average Bonchev–Trinajstić information content (AvgIpc) is 2.44. The van der Waals surface area contributed by atoms with Crippen molar-refractivity contribution >= 4 is 0 Å². The lowest BCUT2D eigenvalue weighted by atomic mass is 9.96. The summed E-state index contributed by atoms with van der Waals surface area (Å²) in [5, 5.41) is 13.5. The lowest BCUT2D eigenvalue weighted by Gasteiger charge is -2.27. The highest BCUT2D eigenvalue weighted by Crippen LogP contribution is 2.20. The molecule has 0 fully saturated rings. The summed E-state index contributed by atoms with van der Waals surface area (Å²) in [6.07, 6.45) is 1.37. The van der Waals surface area contributed by atoms with Crippen molar-refractivity contribution in [2.45, 2.75) is 51.9 Å². The van der Waals surface area contributed by atoms with Crippen LogP contribution in [0.3, 0.4) is 0 Å². The molecule has 0 heterocycles. The van der Waals surface area contributed by atoms with Crippen molar-refractivity contribution in [2.75, 3.05) is 6.54 Å². The van der Waals surface area contributed by atoms with E-state index in [1.165, 1.54) is 12.1 Å². The molecule has 0 aliphatic heterocycles. The first kappa shape index (κ1) is 16.9. The molecule has 0 saturated carbocycles. The molecule has 1 rings (SSSR count). The second-order valence-electron chi connectivity index (χ2n) is 4.98. The Morgan fingerprint density at radius 2 is 1.75 bits per heavy atom. The molecular formula is C15H23F2NO2. The van der Waals surface area contributed by atoms with Gasteiger partial charge >= 0.3 is 6.61 Å². The fourth-order valence-electron chi connectivity index (χ4n) is 1.90. The molecule has 2 N–H and O–H groups in total. The molecule has 114 valence electrons. The van der Waals surface area contributed by atoms with E-state index in [-0.39, 0.29) is 11.8 Å². The number of aliphatic hydroxyl groups is 1. The summed E-state index contributed by atoms with van der Waals surface area (Å²) in [4.78, 5) is 0. The molecule has 0 saturated heterocycles. The summed E-state index contributed by atoms with van der Waals surface area (Å²) in [6, 6.07) is 6.55. The third-order valence-corrected chi connectivity index (χ3v) is 3.66. The molecule has 5 heteroatoms. The largest absolute Gasteiger partial charge is 0.435 e. The van der Waals surface area contributed by atoms with Gasteiger partial charge in [0.2, 0.25) is 0 Å². The SMILES string of the molecule is CCC(O)(CC)CNC(C)c1ccc(OC(F)F)cc1. The maximum atomic E-state index is 12.0. The second-order valence-corrected chi connectivity index (χ2v) is 4.98. The Morgan fingerprint density at radius 1 is 1.20 bits per heavy atom. The first-order chi connectivity index (χ1) is 9.40. The minimum atomic E-state index is -2.81. The lowest BCUT2D eigenvalue weighted by Crippen LogP contribution is -2.40. The molecule has 1 aromatic carbocycles. The number of nitrogens with one attached hydrogen (secondary N) is 1. The minimum absolute atomic E-state index is 0.0280. The van der Waals surface area contributed by atoms with Gasteiger partial charge in [0.05, 0.1) is 5.60 Å². The predicted molar refractivity (Wildman–Crippen MR) is 75.0 cm³/mol. The number of hydrogen-bond donors (Lipinski definition) is 2. The summed E-state index contributed by atoms with van der Waals surface area (Å²) in [6.45, 7) is 3.56. The van der Waals surface area contributed by atoms with E-state index in [9.17, 15) is 13.9 Å². The quantitative estimate of drug-likeness (QED) is 0.769. The molecule has 0 aliphatic carbocycles. The van der Waals surface area contributed by atoms with Crippen LogP contribution in [0, 0.1) is 0 Å². The Morgan fingerprint density at radius 3 is 2.20 bits per heavy atom. The van der Waals surface area contributed by atoms with Gasteiger partial charge in [-0.25, -0.2) is 0 Å². The van der Waals surface area contributed by atoms with Gasteiger partial charge in [-0.3, -0.25) is 0 Å². The van der Waals surface area contributed by atoms with Crippen molar-refractivity contribution in [2.24, 2.45) is 0 Å². The highest BCUT2D eigenvalue weighted by Gasteiger charge is 2.22. The number of hydrogen-bond acceptors (Lipinski definition) is 3. The number of ether oxygens (including phenoxy) is 1. The zero-order valence-corrected chi connectivity index (χ0v) is 12.2. The maximum absolute atomic E-state index is 12.0. The Hall–Kier alpha value is -1.20. The van der Waals surface area contributed by atoms with Gasteiger partial charge < -0.3 is 15.2 Å². The van der Waals surface area contributed by atoms with E-state index in [2.05, 4.69) is 10.1 Å². The molecule has 1 aromatic rings. The van der Waals surface area contributed by atoms with Crippen LogP contribution in [0.4, 0.5) is 8.78 Å². The molecule has 20 heavy (non-hydrogen) atoms. The van der Waals surface area contributed by atoms with Gasteiger partial charge in [0, 0.05) is 12.6 Å². The lowest BCUT2D eigenvalue weighted by molar-refractivity contribution is -0.0498. The van der Waals surface area contributed by atoms with E-state index < -0.39 is 12.2 Å². The molecule has 0 aromatic heterocycles. The number of alkyl halides is 2. The fraction of sp³-hybridized carbons (Fsp3) is 0.600. The van der Waals surface area contributed by atoms with Crippen molar-refractivity contribution in [3.05, 3.63) is 29.8 Å². The van der Waals surface area contributed by atoms with Crippen LogP contribution in [0.2, 0.25) is 0 Å². The minimum Gasteiger partial charge on any atom is -0.435 e. The van der Waals surface area contributed by atoms with Crippen LogP contribution in [0.5, 0.6) is 5.75 Å².